The summed E-state index contributed by atoms with van der Waals surface area (Å²) < 4.78 is 11.0. The van der Waals surface area contributed by atoms with Gasteiger partial charge in [0, 0.05) is 17.1 Å². The maximum Gasteiger partial charge on any atom is 0.220 e. The van der Waals surface area contributed by atoms with Crippen molar-refractivity contribution in [2.45, 2.75) is 52.6 Å². The molecule has 0 spiro atoms. The first-order valence-electron chi connectivity index (χ1n) is 11.3. The topological polar surface area (TPSA) is 83.6 Å². The summed E-state index contributed by atoms with van der Waals surface area (Å²) in [5.74, 6) is 2.83. The third kappa shape index (κ3) is 7.79. The normalized spacial score (nSPS) is 19.1. The minimum atomic E-state index is 0. The molecule has 2 heterocycles. The molecule has 0 fully saturated rings. The quantitative estimate of drug-likeness (QED) is 0.535. The number of phenols is 2. The van der Waals surface area contributed by atoms with E-state index in [9.17, 15) is 10.2 Å². The predicted octanol–water partition coefficient (Wildman–Crippen LogP) is 5.16. The van der Waals surface area contributed by atoms with Gasteiger partial charge in [0.05, 0.1) is 23.2 Å². The summed E-state index contributed by atoms with van der Waals surface area (Å²) in [6.45, 7) is 9.95. The van der Waals surface area contributed by atoms with Crippen molar-refractivity contribution in [3.63, 3.8) is 0 Å². The zero-order valence-electron chi connectivity index (χ0n) is 19.7. The van der Waals surface area contributed by atoms with Crippen LogP contribution in [0, 0.1) is 11.8 Å². The van der Waals surface area contributed by atoms with Crippen molar-refractivity contribution in [2.75, 3.05) is 13.2 Å². The number of para-hydroxylation sites is 2. The van der Waals surface area contributed by atoms with E-state index in [4.69, 9.17) is 9.47 Å². The molecule has 2 N–H and O–H groups in total. The number of aliphatic imine (C=N–C) groups is 2. The SMILES string of the molecule is CC(C)CC1COC(c2ccccc2O)=N1.CC(C)CC1COC(c2ccccc2O)=N1.[Cu]. The Balaban J connectivity index is 0.000000227. The van der Waals surface area contributed by atoms with Gasteiger partial charge in [0.2, 0.25) is 11.8 Å². The summed E-state index contributed by atoms with van der Waals surface area (Å²) >= 11 is 0. The Morgan fingerprint density at radius 1 is 0.727 bits per heavy atom. The van der Waals surface area contributed by atoms with Crippen LogP contribution in [-0.2, 0) is 26.5 Å². The summed E-state index contributed by atoms with van der Waals surface area (Å²) in [6, 6.07) is 14.7. The Morgan fingerprint density at radius 2 is 1.09 bits per heavy atom. The van der Waals surface area contributed by atoms with Gasteiger partial charge in [-0.1, -0.05) is 52.0 Å². The number of rotatable bonds is 6. The van der Waals surface area contributed by atoms with Gasteiger partial charge in [-0.2, -0.15) is 0 Å². The van der Waals surface area contributed by atoms with Crippen molar-refractivity contribution in [2.24, 2.45) is 21.8 Å². The van der Waals surface area contributed by atoms with E-state index < -0.39 is 0 Å². The first kappa shape index (κ1) is 26.7. The van der Waals surface area contributed by atoms with E-state index in [1.165, 1.54) is 0 Å². The fraction of sp³-hybridized carbons (Fsp3) is 0.462. The van der Waals surface area contributed by atoms with Crippen LogP contribution in [0.1, 0.15) is 51.7 Å². The molecule has 2 aliphatic heterocycles. The van der Waals surface area contributed by atoms with Gasteiger partial charge in [-0.3, -0.25) is 0 Å². The van der Waals surface area contributed by atoms with Crippen LogP contribution in [0.4, 0.5) is 0 Å². The van der Waals surface area contributed by atoms with Crippen LogP contribution < -0.4 is 0 Å². The smallest absolute Gasteiger partial charge is 0.220 e. The van der Waals surface area contributed by atoms with Crippen molar-refractivity contribution in [1.82, 2.24) is 0 Å². The van der Waals surface area contributed by atoms with E-state index in [0.29, 0.717) is 48.0 Å². The minimum Gasteiger partial charge on any atom is -0.507 e. The van der Waals surface area contributed by atoms with E-state index >= 15 is 0 Å². The molecule has 183 valence electrons. The van der Waals surface area contributed by atoms with Crippen LogP contribution in [0.5, 0.6) is 11.5 Å². The number of benzene rings is 2. The molecule has 0 saturated carbocycles. The maximum absolute atomic E-state index is 9.68. The number of nitrogens with zero attached hydrogens (tertiary/aromatic N) is 2. The van der Waals surface area contributed by atoms with Crippen molar-refractivity contribution in [1.29, 1.82) is 0 Å². The Morgan fingerprint density at radius 3 is 1.42 bits per heavy atom. The first-order valence-corrected chi connectivity index (χ1v) is 11.3. The third-order valence-corrected chi connectivity index (χ3v) is 5.18. The molecule has 1 radical (unpaired) electrons. The Labute approximate surface area is 207 Å². The molecular formula is C26H34CuN2O4. The number of ether oxygens (including phenoxy) is 2. The molecule has 2 unspecified atom stereocenters. The molecule has 6 nitrogen and oxygen atoms in total. The average molecular weight is 502 g/mol. The number of aromatic hydroxyl groups is 2. The van der Waals surface area contributed by atoms with Crippen molar-refractivity contribution in [3.05, 3.63) is 59.7 Å². The van der Waals surface area contributed by atoms with Crippen LogP contribution >= 0.6 is 0 Å². The second kappa shape index (κ2) is 12.7. The largest absolute Gasteiger partial charge is 0.507 e. The van der Waals surface area contributed by atoms with Crippen LogP contribution in [0.25, 0.3) is 0 Å². The van der Waals surface area contributed by atoms with Gasteiger partial charge in [0.1, 0.15) is 24.7 Å². The molecule has 33 heavy (non-hydrogen) atoms. The summed E-state index contributed by atoms with van der Waals surface area (Å²) in [5.41, 5.74) is 1.38. The maximum atomic E-state index is 9.68. The average Bonchev–Trinajstić information content (AvgIpc) is 3.38. The van der Waals surface area contributed by atoms with E-state index in [-0.39, 0.29) is 40.7 Å². The fourth-order valence-electron chi connectivity index (χ4n) is 3.76. The Kier molecular flexibility index (Phi) is 10.3. The van der Waals surface area contributed by atoms with Gasteiger partial charge < -0.3 is 19.7 Å². The molecule has 4 rings (SSSR count). The van der Waals surface area contributed by atoms with Gasteiger partial charge >= 0.3 is 0 Å². The Hall–Kier alpha value is -2.50. The van der Waals surface area contributed by atoms with Gasteiger partial charge in [-0.05, 0) is 48.9 Å². The van der Waals surface area contributed by atoms with E-state index in [0.717, 1.165) is 12.8 Å². The third-order valence-electron chi connectivity index (χ3n) is 5.18. The van der Waals surface area contributed by atoms with Crippen molar-refractivity contribution >= 4 is 11.8 Å². The van der Waals surface area contributed by atoms with Crippen LogP contribution in [0.2, 0.25) is 0 Å². The zero-order chi connectivity index (χ0) is 23.1. The number of hydrogen-bond acceptors (Lipinski definition) is 6. The molecule has 0 bridgehead atoms. The monoisotopic (exact) mass is 501 g/mol. The van der Waals surface area contributed by atoms with Gasteiger partial charge in [-0.25, -0.2) is 9.98 Å². The predicted molar refractivity (Wildman–Crippen MR) is 128 cm³/mol. The summed E-state index contributed by atoms with van der Waals surface area (Å²) in [7, 11) is 0. The Bertz CT molecular complexity index is 881. The first-order chi connectivity index (χ1) is 15.3. The van der Waals surface area contributed by atoms with Crippen LogP contribution in [0.3, 0.4) is 0 Å². The second-order valence-corrected chi connectivity index (χ2v) is 9.09. The molecular weight excluding hydrogens is 468 g/mol. The molecule has 0 aliphatic carbocycles. The standard InChI is InChI=1S/2C13H17NO2.Cu/c2*1-9(2)7-10-8-16-13(14-10)11-5-3-4-6-12(11)15;/h2*3-6,9-10,15H,7-8H2,1-2H3;. The van der Waals surface area contributed by atoms with Crippen molar-refractivity contribution < 1.29 is 36.8 Å². The van der Waals surface area contributed by atoms with Gasteiger partial charge in [0.15, 0.2) is 0 Å². The van der Waals surface area contributed by atoms with E-state index in [1.54, 1.807) is 24.3 Å². The number of hydrogen-bond donors (Lipinski definition) is 2. The van der Waals surface area contributed by atoms with E-state index in [1.807, 2.05) is 24.3 Å². The fourth-order valence-corrected chi connectivity index (χ4v) is 3.76. The molecule has 2 aliphatic rings. The molecule has 2 atom stereocenters. The molecule has 0 aromatic heterocycles. The van der Waals surface area contributed by atoms with Gasteiger partial charge in [0.25, 0.3) is 0 Å². The number of phenolic OH excluding ortho intramolecular Hbond substituents is 2. The summed E-state index contributed by atoms with van der Waals surface area (Å²) in [5, 5.41) is 19.4. The minimum absolute atomic E-state index is 0. The molecule has 7 heteroatoms. The van der Waals surface area contributed by atoms with Crippen LogP contribution in [-0.4, -0.2) is 47.3 Å². The van der Waals surface area contributed by atoms with Gasteiger partial charge in [-0.15, -0.1) is 0 Å². The zero-order valence-corrected chi connectivity index (χ0v) is 20.6. The van der Waals surface area contributed by atoms with Crippen molar-refractivity contribution in [3.8, 4) is 11.5 Å². The molecule has 0 amide bonds. The second-order valence-electron chi connectivity index (χ2n) is 9.09. The summed E-state index contributed by atoms with van der Waals surface area (Å²) in [6.07, 6.45) is 2.05. The molecule has 2 aromatic rings. The molecule has 0 saturated heterocycles. The summed E-state index contributed by atoms with van der Waals surface area (Å²) in [4.78, 5) is 8.99. The van der Waals surface area contributed by atoms with Crippen LogP contribution in [0.15, 0.2) is 58.5 Å². The molecule has 2 aromatic carbocycles. The van der Waals surface area contributed by atoms with E-state index in [2.05, 4.69) is 37.7 Å².